The highest BCUT2D eigenvalue weighted by molar-refractivity contribution is 5.89. The van der Waals surface area contributed by atoms with Gasteiger partial charge in [-0.2, -0.15) is 0 Å². The van der Waals surface area contributed by atoms with Gasteiger partial charge in [0, 0.05) is 6.04 Å². The molecule has 1 saturated carbocycles. The van der Waals surface area contributed by atoms with Crippen LogP contribution >= 0.6 is 0 Å². The molecule has 3 nitrogen and oxygen atoms in total. The van der Waals surface area contributed by atoms with Gasteiger partial charge in [-0.05, 0) is 31.6 Å². The zero-order valence-electron chi connectivity index (χ0n) is 6.92. The van der Waals surface area contributed by atoms with Crippen LogP contribution in [-0.4, -0.2) is 17.1 Å². The standard InChI is InChI=1S/C9H13NO2/c10-8-6-3-1-5(2-4-6)7(8)9(11)12/h6,8H,1-4,10H2,(H,11,12). The van der Waals surface area contributed by atoms with E-state index >= 15 is 0 Å². The van der Waals surface area contributed by atoms with Crippen LogP contribution in [0.15, 0.2) is 11.1 Å². The lowest BCUT2D eigenvalue weighted by molar-refractivity contribution is -0.133. The molecule has 12 heavy (non-hydrogen) atoms. The van der Waals surface area contributed by atoms with E-state index in [1.54, 1.807) is 0 Å². The van der Waals surface area contributed by atoms with Gasteiger partial charge in [0.2, 0.25) is 0 Å². The number of fused-ring (bicyclic) bond motifs is 3. The summed E-state index contributed by atoms with van der Waals surface area (Å²) in [6.45, 7) is 0. The van der Waals surface area contributed by atoms with Crippen molar-refractivity contribution in [1.29, 1.82) is 0 Å². The highest BCUT2D eigenvalue weighted by Gasteiger charge is 2.36. The van der Waals surface area contributed by atoms with Crippen LogP contribution in [0.2, 0.25) is 0 Å². The van der Waals surface area contributed by atoms with E-state index in [4.69, 9.17) is 10.8 Å². The second-order valence-corrected chi connectivity index (χ2v) is 3.69. The monoisotopic (exact) mass is 167 g/mol. The van der Waals surface area contributed by atoms with Gasteiger partial charge in [-0.1, -0.05) is 5.57 Å². The number of allylic oxidation sites excluding steroid dienone is 1. The molecular weight excluding hydrogens is 154 g/mol. The van der Waals surface area contributed by atoms with Gasteiger partial charge < -0.3 is 10.8 Å². The zero-order chi connectivity index (χ0) is 8.72. The summed E-state index contributed by atoms with van der Waals surface area (Å²) in [6.07, 6.45) is 4.10. The maximum atomic E-state index is 10.8. The Morgan fingerprint density at radius 3 is 2.33 bits per heavy atom. The van der Waals surface area contributed by atoms with E-state index in [9.17, 15) is 4.79 Å². The van der Waals surface area contributed by atoms with E-state index in [2.05, 4.69) is 0 Å². The summed E-state index contributed by atoms with van der Waals surface area (Å²) in [5.41, 5.74) is 7.43. The Balaban J connectivity index is 2.39. The van der Waals surface area contributed by atoms with Crippen LogP contribution in [0.1, 0.15) is 25.7 Å². The van der Waals surface area contributed by atoms with Crippen molar-refractivity contribution in [2.45, 2.75) is 31.7 Å². The Morgan fingerprint density at radius 2 is 2.00 bits per heavy atom. The Kier molecular flexibility index (Phi) is 1.68. The highest BCUT2D eigenvalue weighted by Crippen LogP contribution is 2.40. The van der Waals surface area contributed by atoms with Crippen molar-refractivity contribution in [3.8, 4) is 0 Å². The number of hydrogen-bond acceptors (Lipinski definition) is 2. The summed E-state index contributed by atoms with van der Waals surface area (Å²) in [7, 11) is 0. The Hall–Kier alpha value is -0.830. The summed E-state index contributed by atoms with van der Waals surface area (Å²) < 4.78 is 0. The fraction of sp³-hybridized carbons (Fsp3) is 0.667. The first-order valence-corrected chi connectivity index (χ1v) is 4.41. The van der Waals surface area contributed by atoms with Gasteiger partial charge in [-0.25, -0.2) is 4.79 Å². The molecule has 3 aliphatic rings. The molecule has 0 saturated heterocycles. The third kappa shape index (κ3) is 0.966. The number of nitrogens with two attached hydrogens (primary N) is 1. The minimum atomic E-state index is -0.804. The topological polar surface area (TPSA) is 63.3 Å². The van der Waals surface area contributed by atoms with Crippen LogP contribution in [-0.2, 0) is 4.79 Å². The van der Waals surface area contributed by atoms with Gasteiger partial charge in [0.05, 0.1) is 5.57 Å². The number of hydrogen-bond donors (Lipinski definition) is 2. The summed E-state index contributed by atoms with van der Waals surface area (Å²) in [5.74, 6) is -0.379. The number of carbonyl (C=O) groups is 1. The van der Waals surface area contributed by atoms with Crippen molar-refractivity contribution >= 4 is 5.97 Å². The van der Waals surface area contributed by atoms with E-state index in [0.29, 0.717) is 11.5 Å². The number of carboxylic acids is 1. The molecule has 0 aromatic heterocycles. The first kappa shape index (κ1) is 7.80. The average Bonchev–Trinajstić information content (AvgIpc) is 2.05. The third-order valence-corrected chi connectivity index (χ3v) is 3.09. The summed E-state index contributed by atoms with van der Waals surface area (Å²) >= 11 is 0. The lowest BCUT2D eigenvalue weighted by Gasteiger charge is -2.37. The van der Waals surface area contributed by atoms with Crippen LogP contribution in [0.3, 0.4) is 0 Å². The number of carboxylic acid groups (broad SMARTS) is 1. The summed E-state index contributed by atoms with van der Waals surface area (Å²) in [5, 5.41) is 8.89. The molecule has 0 radical (unpaired) electrons. The van der Waals surface area contributed by atoms with Crippen molar-refractivity contribution in [2.75, 3.05) is 0 Å². The van der Waals surface area contributed by atoms with E-state index in [-0.39, 0.29) is 6.04 Å². The molecule has 2 bridgehead atoms. The molecule has 3 heteroatoms. The van der Waals surface area contributed by atoms with Crippen LogP contribution in [0.5, 0.6) is 0 Å². The predicted octanol–water partition coefficient (Wildman–Crippen LogP) is 0.899. The lowest BCUT2D eigenvalue weighted by atomic mass is 9.70. The lowest BCUT2D eigenvalue weighted by Crippen LogP contribution is -2.41. The Labute approximate surface area is 71.3 Å². The van der Waals surface area contributed by atoms with Gasteiger partial charge >= 0.3 is 5.97 Å². The molecule has 3 aliphatic carbocycles. The van der Waals surface area contributed by atoms with E-state index in [1.807, 2.05) is 0 Å². The molecule has 1 unspecified atom stereocenters. The van der Waals surface area contributed by atoms with Crippen LogP contribution < -0.4 is 5.73 Å². The normalized spacial score (nSPS) is 34.1. The first-order chi connectivity index (χ1) is 5.70. The minimum Gasteiger partial charge on any atom is -0.478 e. The quantitative estimate of drug-likeness (QED) is 0.609. The van der Waals surface area contributed by atoms with Crippen molar-refractivity contribution in [3.05, 3.63) is 11.1 Å². The van der Waals surface area contributed by atoms with Gasteiger partial charge in [-0.15, -0.1) is 0 Å². The van der Waals surface area contributed by atoms with Crippen LogP contribution in [0.4, 0.5) is 0 Å². The molecule has 0 spiro atoms. The maximum absolute atomic E-state index is 10.8. The Bertz CT molecular complexity index is 247. The number of rotatable bonds is 1. The van der Waals surface area contributed by atoms with Gasteiger partial charge in [0.15, 0.2) is 0 Å². The predicted molar refractivity (Wildman–Crippen MR) is 44.6 cm³/mol. The Morgan fingerprint density at radius 1 is 1.42 bits per heavy atom. The third-order valence-electron chi connectivity index (χ3n) is 3.09. The fourth-order valence-electron chi connectivity index (χ4n) is 2.38. The first-order valence-electron chi connectivity index (χ1n) is 4.41. The second kappa shape index (κ2) is 2.59. The van der Waals surface area contributed by atoms with Crippen molar-refractivity contribution in [3.63, 3.8) is 0 Å². The molecule has 1 atom stereocenters. The summed E-state index contributed by atoms with van der Waals surface area (Å²) in [4.78, 5) is 10.8. The zero-order valence-corrected chi connectivity index (χ0v) is 6.92. The van der Waals surface area contributed by atoms with Gasteiger partial charge in [0.25, 0.3) is 0 Å². The van der Waals surface area contributed by atoms with Crippen molar-refractivity contribution < 1.29 is 9.90 Å². The average molecular weight is 167 g/mol. The molecule has 0 aromatic rings. The molecular formula is C9H13NO2. The van der Waals surface area contributed by atoms with Gasteiger partial charge in [-0.3, -0.25) is 0 Å². The molecule has 0 amide bonds. The molecule has 0 aliphatic heterocycles. The van der Waals surface area contributed by atoms with Crippen LogP contribution in [0, 0.1) is 5.92 Å². The van der Waals surface area contributed by atoms with E-state index < -0.39 is 5.97 Å². The highest BCUT2D eigenvalue weighted by atomic mass is 16.4. The SMILES string of the molecule is NC1C(C(=O)O)=C2CCC1CC2. The largest absolute Gasteiger partial charge is 0.478 e. The molecule has 0 aromatic carbocycles. The number of aliphatic carboxylic acids is 1. The van der Waals surface area contributed by atoms with E-state index in [1.165, 1.54) is 0 Å². The molecule has 3 N–H and O–H groups in total. The second-order valence-electron chi connectivity index (χ2n) is 3.69. The van der Waals surface area contributed by atoms with Crippen LogP contribution in [0.25, 0.3) is 0 Å². The fourth-order valence-corrected chi connectivity index (χ4v) is 2.38. The van der Waals surface area contributed by atoms with E-state index in [0.717, 1.165) is 31.3 Å². The van der Waals surface area contributed by atoms with Crippen molar-refractivity contribution in [1.82, 2.24) is 0 Å². The molecule has 3 rings (SSSR count). The maximum Gasteiger partial charge on any atom is 0.333 e. The van der Waals surface area contributed by atoms with Crippen molar-refractivity contribution in [2.24, 2.45) is 11.7 Å². The molecule has 66 valence electrons. The molecule has 1 fully saturated rings. The molecule has 0 heterocycles. The van der Waals surface area contributed by atoms with Gasteiger partial charge in [0.1, 0.15) is 0 Å². The minimum absolute atomic E-state index is 0.194. The smallest absolute Gasteiger partial charge is 0.333 e. The summed E-state index contributed by atoms with van der Waals surface area (Å²) in [6, 6.07) is -0.194.